The second-order valence-electron chi connectivity index (χ2n) is 3.48. The van der Waals surface area contributed by atoms with Crippen LogP contribution in [-0.4, -0.2) is 6.29 Å². The monoisotopic (exact) mass is 312 g/mol. The van der Waals surface area contributed by atoms with Gasteiger partial charge in [-0.25, -0.2) is 8.78 Å². The zero-order chi connectivity index (χ0) is 13.1. The number of halogens is 3. The van der Waals surface area contributed by atoms with Crippen LogP contribution in [0.1, 0.15) is 10.4 Å². The van der Waals surface area contributed by atoms with Gasteiger partial charge in [0.1, 0.15) is 17.9 Å². The van der Waals surface area contributed by atoms with E-state index >= 15 is 0 Å². The van der Waals surface area contributed by atoms with Crippen molar-refractivity contribution in [3.05, 3.63) is 58.1 Å². The highest BCUT2D eigenvalue weighted by molar-refractivity contribution is 9.10. The molecule has 92 valence electrons. The summed E-state index contributed by atoms with van der Waals surface area (Å²) in [6.07, 6.45) is 0.688. The maximum absolute atomic E-state index is 13.4. The quantitative estimate of drug-likeness (QED) is 0.788. The van der Waals surface area contributed by atoms with Crippen LogP contribution in [0.4, 0.5) is 8.78 Å². The van der Waals surface area contributed by atoms with Crippen molar-refractivity contribution < 1.29 is 18.3 Å². The number of ether oxygens (including phenoxy) is 1. The first kappa shape index (κ1) is 12.7. The minimum Gasteiger partial charge on any atom is -0.453 e. The maximum atomic E-state index is 13.4. The van der Waals surface area contributed by atoms with Crippen LogP contribution < -0.4 is 4.74 Å². The second-order valence-corrected chi connectivity index (χ2v) is 4.34. The van der Waals surface area contributed by atoms with Gasteiger partial charge in [0, 0.05) is 11.6 Å². The smallest absolute Gasteiger partial charge is 0.168 e. The Morgan fingerprint density at radius 1 is 1.06 bits per heavy atom. The third kappa shape index (κ3) is 2.73. The van der Waals surface area contributed by atoms with E-state index in [1.807, 2.05) is 0 Å². The molecule has 5 heteroatoms. The lowest BCUT2D eigenvalue weighted by molar-refractivity contribution is 0.112. The third-order valence-corrected chi connectivity index (χ3v) is 2.83. The van der Waals surface area contributed by atoms with E-state index in [-0.39, 0.29) is 5.75 Å². The van der Waals surface area contributed by atoms with Gasteiger partial charge in [0.05, 0.1) is 4.47 Å². The van der Waals surface area contributed by atoms with Crippen molar-refractivity contribution in [2.45, 2.75) is 0 Å². The summed E-state index contributed by atoms with van der Waals surface area (Å²) in [6.45, 7) is 0. The van der Waals surface area contributed by atoms with Crippen molar-refractivity contribution in [2.75, 3.05) is 0 Å². The molecule has 0 aromatic heterocycles. The van der Waals surface area contributed by atoms with E-state index in [9.17, 15) is 13.6 Å². The molecule has 0 atom stereocenters. The lowest BCUT2D eigenvalue weighted by Crippen LogP contribution is -1.91. The number of hydrogen-bond donors (Lipinski definition) is 0. The number of rotatable bonds is 3. The molecule has 0 heterocycles. The molecule has 0 fully saturated rings. The molecule has 0 saturated carbocycles. The molecule has 0 aliphatic heterocycles. The Balaban J connectivity index is 2.31. The van der Waals surface area contributed by atoms with Gasteiger partial charge in [-0.3, -0.25) is 4.79 Å². The Kier molecular flexibility index (Phi) is 3.72. The predicted molar refractivity (Wildman–Crippen MR) is 66.0 cm³/mol. The number of hydrogen-bond acceptors (Lipinski definition) is 2. The summed E-state index contributed by atoms with van der Waals surface area (Å²) in [5.41, 5.74) is 0.466. The van der Waals surface area contributed by atoms with Gasteiger partial charge in [-0.05, 0) is 46.3 Å². The maximum Gasteiger partial charge on any atom is 0.168 e. The van der Waals surface area contributed by atoms with E-state index in [4.69, 9.17) is 4.74 Å². The van der Waals surface area contributed by atoms with E-state index in [2.05, 4.69) is 15.9 Å². The Morgan fingerprint density at radius 2 is 1.78 bits per heavy atom. The van der Waals surface area contributed by atoms with E-state index in [1.54, 1.807) is 6.07 Å². The zero-order valence-electron chi connectivity index (χ0n) is 8.99. The summed E-state index contributed by atoms with van der Waals surface area (Å²) in [6, 6.07) is 7.65. The molecule has 0 unspecified atom stereocenters. The van der Waals surface area contributed by atoms with Crippen LogP contribution in [0.25, 0.3) is 0 Å². The number of aldehydes is 1. The molecule has 0 aliphatic rings. The number of benzene rings is 2. The molecule has 0 aliphatic carbocycles. The standard InChI is InChI=1S/C13H7BrF2O2/c14-10-5-8(7-17)1-3-12(10)18-13-4-2-9(15)6-11(13)16/h1-7H. The van der Waals surface area contributed by atoms with Crippen molar-refractivity contribution in [1.29, 1.82) is 0 Å². The van der Waals surface area contributed by atoms with Gasteiger partial charge in [0.25, 0.3) is 0 Å². The van der Waals surface area contributed by atoms with Crippen LogP contribution in [0, 0.1) is 11.6 Å². The van der Waals surface area contributed by atoms with E-state index < -0.39 is 11.6 Å². The Bertz CT molecular complexity index is 600. The van der Waals surface area contributed by atoms with Crippen molar-refractivity contribution >= 4 is 22.2 Å². The van der Waals surface area contributed by atoms with Gasteiger partial charge in [0.15, 0.2) is 11.6 Å². The van der Waals surface area contributed by atoms with Gasteiger partial charge >= 0.3 is 0 Å². The Hall–Kier alpha value is -1.75. The van der Waals surface area contributed by atoms with Crippen LogP contribution in [0.3, 0.4) is 0 Å². The van der Waals surface area contributed by atoms with Crippen LogP contribution in [0.2, 0.25) is 0 Å². The van der Waals surface area contributed by atoms with Gasteiger partial charge < -0.3 is 4.74 Å². The lowest BCUT2D eigenvalue weighted by Gasteiger charge is -2.08. The summed E-state index contributed by atoms with van der Waals surface area (Å²) in [7, 11) is 0. The average molecular weight is 313 g/mol. The molecule has 2 aromatic rings. The topological polar surface area (TPSA) is 26.3 Å². The first-order valence-electron chi connectivity index (χ1n) is 4.98. The van der Waals surface area contributed by atoms with Crippen molar-refractivity contribution in [2.24, 2.45) is 0 Å². The van der Waals surface area contributed by atoms with E-state index in [1.165, 1.54) is 18.2 Å². The van der Waals surface area contributed by atoms with Gasteiger partial charge in [-0.1, -0.05) is 0 Å². The summed E-state index contributed by atoms with van der Waals surface area (Å²) in [5.74, 6) is -1.21. The molecule has 2 aromatic carbocycles. The average Bonchev–Trinajstić information content (AvgIpc) is 2.34. The van der Waals surface area contributed by atoms with Crippen LogP contribution in [-0.2, 0) is 0 Å². The summed E-state index contributed by atoms with van der Waals surface area (Å²) in [5, 5.41) is 0. The first-order valence-corrected chi connectivity index (χ1v) is 5.77. The van der Waals surface area contributed by atoms with Crippen molar-refractivity contribution in [3.63, 3.8) is 0 Å². The highest BCUT2D eigenvalue weighted by Crippen LogP contribution is 2.31. The fourth-order valence-electron chi connectivity index (χ4n) is 1.35. The zero-order valence-corrected chi connectivity index (χ0v) is 10.6. The summed E-state index contributed by atoms with van der Waals surface area (Å²) >= 11 is 3.20. The predicted octanol–water partition coefficient (Wildman–Crippen LogP) is 4.33. The fourth-order valence-corrected chi connectivity index (χ4v) is 1.83. The molecular formula is C13H7BrF2O2. The SMILES string of the molecule is O=Cc1ccc(Oc2ccc(F)cc2F)c(Br)c1. The molecule has 0 spiro atoms. The summed E-state index contributed by atoms with van der Waals surface area (Å²) in [4.78, 5) is 10.6. The summed E-state index contributed by atoms with van der Waals surface area (Å²) < 4.78 is 31.9. The van der Waals surface area contributed by atoms with E-state index in [0.29, 0.717) is 22.1 Å². The van der Waals surface area contributed by atoms with Crippen LogP contribution >= 0.6 is 15.9 Å². The van der Waals surface area contributed by atoms with Gasteiger partial charge in [-0.2, -0.15) is 0 Å². The molecule has 0 N–H and O–H groups in total. The molecule has 18 heavy (non-hydrogen) atoms. The highest BCUT2D eigenvalue weighted by atomic mass is 79.9. The van der Waals surface area contributed by atoms with Crippen LogP contribution in [0.5, 0.6) is 11.5 Å². The van der Waals surface area contributed by atoms with E-state index in [0.717, 1.165) is 12.1 Å². The Morgan fingerprint density at radius 3 is 2.39 bits per heavy atom. The molecule has 2 nitrogen and oxygen atoms in total. The molecule has 0 radical (unpaired) electrons. The van der Waals surface area contributed by atoms with Gasteiger partial charge in [-0.15, -0.1) is 0 Å². The van der Waals surface area contributed by atoms with Gasteiger partial charge in [0.2, 0.25) is 0 Å². The van der Waals surface area contributed by atoms with Crippen LogP contribution in [0.15, 0.2) is 40.9 Å². The molecular weight excluding hydrogens is 306 g/mol. The molecule has 2 rings (SSSR count). The molecule has 0 amide bonds. The normalized spacial score (nSPS) is 10.2. The molecule has 0 saturated heterocycles. The lowest BCUT2D eigenvalue weighted by atomic mass is 10.2. The second kappa shape index (κ2) is 5.27. The number of carbonyl (C=O) groups excluding carboxylic acids is 1. The van der Waals surface area contributed by atoms with Crippen molar-refractivity contribution in [1.82, 2.24) is 0 Å². The minimum absolute atomic E-state index is 0.0871. The number of carbonyl (C=O) groups is 1. The fraction of sp³-hybridized carbons (Fsp3) is 0. The Labute approximate surface area is 110 Å². The first-order chi connectivity index (χ1) is 8.60. The van der Waals surface area contributed by atoms with Crippen molar-refractivity contribution in [3.8, 4) is 11.5 Å². The highest BCUT2D eigenvalue weighted by Gasteiger charge is 2.09. The third-order valence-electron chi connectivity index (χ3n) is 2.21. The minimum atomic E-state index is -0.790. The largest absolute Gasteiger partial charge is 0.453 e. The molecule has 0 bridgehead atoms.